The second kappa shape index (κ2) is 20.0. The third kappa shape index (κ3) is 9.94. The molecule has 73 heavy (non-hydrogen) atoms. The average molecular weight is 1140 g/mol. The topological polar surface area (TPSA) is 33.5 Å². The zero-order valence-corrected chi connectivity index (χ0v) is 46.7. The molecule has 0 saturated carbocycles. The molecule has 0 fully saturated rings. The van der Waals surface area contributed by atoms with Gasteiger partial charge in [-0.1, -0.05) is 197 Å². The van der Waals surface area contributed by atoms with Crippen molar-refractivity contribution in [1.82, 2.24) is 9.55 Å². The van der Waals surface area contributed by atoms with Gasteiger partial charge in [-0.15, -0.1) is 48.3 Å². The maximum atomic E-state index is 7.10. The van der Waals surface area contributed by atoms with Crippen molar-refractivity contribution in [2.75, 3.05) is 9.80 Å². The maximum Gasteiger partial charge on any atom is 0.135 e. The molecule has 2 aromatic heterocycles. The van der Waals surface area contributed by atoms with Gasteiger partial charge in [-0.2, -0.15) is 6.07 Å². The first-order valence-corrected chi connectivity index (χ1v) is 25.6. The molecule has 1 aliphatic heterocycles. The molecule has 374 valence electrons. The Hall–Kier alpha value is -6.68. The molecule has 6 heteroatoms. The summed E-state index contributed by atoms with van der Waals surface area (Å²) < 4.78 is 9.36. The number of para-hydroxylation sites is 1. The summed E-state index contributed by atoms with van der Waals surface area (Å²) in [6, 6.07) is 64.3. The van der Waals surface area contributed by atoms with Crippen LogP contribution in [0.5, 0.6) is 11.5 Å². The van der Waals surface area contributed by atoms with Crippen molar-refractivity contribution < 1.29 is 25.8 Å². The molecule has 0 N–H and O–H groups in total. The Kier molecular flexibility index (Phi) is 14.0. The third-order valence-electron chi connectivity index (χ3n) is 14.5. The molecule has 0 spiro atoms. The summed E-state index contributed by atoms with van der Waals surface area (Å²) in [4.78, 5) is 9.62. The molecule has 3 heterocycles. The number of hydrogen-bond donors (Lipinski definition) is 0. The third-order valence-corrected chi connectivity index (χ3v) is 14.5. The molecule has 0 aliphatic carbocycles. The number of pyridine rings is 1. The van der Waals surface area contributed by atoms with Crippen LogP contribution in [-0.4, -0.2) is 9.55 Å². The van der Waals surface area contributed by atoms with Crippen molar-refractivity contribution in [3.8, 4) is 28.4 Å². The van der Waals surface area contributed by atoms with Crippen LogP contribution in [0.4, 0.5) is 11.4 Å². The molecule has 7 aromatic carbocycles. The van der Waals surface area contributed by atoms with E-state index in [2.05, 4.69) is 274 Å². The van der Waals surface area contributed by atoms with E-state index in [1.807, 2.05) is 12.3 Å². The van der Waals surface area contributed by atoms with Gasteiger partial charge in [-0.25, -0.2) is 4.98 Å². The Balaban J connectivity index is 0.00000656. The fourth-order valence-corrected chi connectivity index (χ4v) is 10.3. The summed E-state index contributed by atoms with van der Waals surface area (Å²) in [7, 11) is 0. The van der Waals surface area contributed by atoms with Crippen molar-refractivity contribution in [3.63, 3.8) is 0 Å². The van der Waals surface area contributed by atoms with Crippen LogP contribution in [0.1, 0.15) is 134 Å². The SMILES string of the molecule is CC(C)c1cccc(C(C)C)c1C1=CN(c2cc(-c3ccccc3)cc(C(C)(C)C)c2)[CH-]N1c1[c-]c(Oc2[c-]c3c(c(C(C)(C)c4ccccc4)c2)c2ccccc2n3-c2cc(C(C)(C)C)ccn2)ccc1.[Pt]. The Bertz CT molecular complexity index is 3450. The molecule has 0 radical (unpaired) electrons. The van der Waals surface area contributed by atoms with Gasteiger partial charge >= 0.3 is 0 Å². The zero-order chi connectivity index (χ0) is 50.7. The molecule has 10 rings (SSSR count). The monoisotopic (exact) mass is 1140 g/mol. The maximum absolute atomic E-state index is 7.10. The van der Waals surface area contributed by atoms with Gasteiger partial charge in [0.15, 0.2) is 0 Å². The van der Waals surface area contributed by atoms with E-state index in [-0.39, 0.29) is 31.9 Å². The zero-order valence-electron chi connectivity index (χ0n) is 44.4. The van der Waals surface area contributed by atoms with Crippen LogP contribution in [0, 0.1) is 18.8 Å². The second-order valence-electron chi connectivity index (χ2n) is 22.7. The van der Waals surface area contributed by atoms with E-state index in [4.69, 9.17) is 9.72 Å². The van der Waals surface area contributed by atoms with Crippen LogP contribution in [0.3, 0.4) is 0 Å². The van der Waals surface area contributed by atoms with E-state index in [1.54, 1.807) is 0 Å². The standard InChI is InChI=1S/C67H67N4O.Pt/c1-44(2)55-30-22-31-56(45(3)4)63(55)61-42-69(52-36-47(46-23-15-13-16-24-46)35-50(37-52)66(8,9)10)43-70(61)51-27-21-28-53(39-51)72-54-40-58(67(11,12)48-25-17-14-18-26-48)64-57-29-19-20-32-59(57)71(60(64)41-54)62-38-49(33-34-68-62)65(5,6)7;/h13-38,40,42-45H,1-12H3;/q-3;. The molecule has 0 saturated heterocycles. The minimum absolute atomic E-state index is 0. The van der Waals surface area contributed by atoms with Crippen LogP contribution in [-0.2, 0) is 37.3 Å². The van der Waals surface area contributed by atoms with E-state index in [9.17, 15) is 0 Å². The van der Waals surface area contributed by atoms with E-state index in [0.29, 0.717) is 23.3 Å². The fraction of sp³-hybridized carbons (Fsp3) is 0.254. The number of rotatable bonds is 11. The Morgan fingerprint density at radius 3 is 1.89 bits per heavy atom. The quantitative estimate of drug-likeness (QED) is 0.121. The first-order chi connectivity index (χ1) is 34.4. The molecular formula is C67H67N4OPt-3. The summed E-state index contributed by atoms with van der Waals surface area (Å²) in [6.45, 7) is 29.6. The number of fused-ring (bicyclic) bond motifs is 3. The molecule has 9 aromatic rings. The molecule has 1 aliphatic rings. The second-order valence-corrected chi connectivity index (χ2v) is 22.7. The van der Waals surface area contributed by atoms with Gasteiger partial charge in [-0.3, -0.25) is 0 Å². The van der Waals surface area contributed by atoms with Crippen molar-refractivity contribution >= 4 is 38.9 Å². The summed E-state index contributed by atoms with van der Waals surface area (Å²) >= 11 is 0. The number of hydrogen-bond acceptors (Lipinski definition) is 4. The summed E-state index contributed by atoms with van der Waals surface area (Å²) in [5, 5.41) is 2.27. The van der Waals surface area contributed by atoms with Crippen LogP contribution >= 0.6 is 0 Å². The predicted octanol–water partition coefficient (Wildman–Crippen LogP) is 17.8. The number of benzene rings is 7. The van der Waals surface area contributed by atoms with Gasteiger partial charge in [0.25, 0.3) is 0 Å². The number of nitrogens with zero attached hydrogens (tertiary/aromatic N) is 4. The minimum Gasteiger partial charge on any atom is -0.509 e. The first-order valence-electron chi connectivity index (χ1n) is 25.6. The minimum atomic E-state index is -0.413. The van der Waals surface area contributed by atoms with Crippen molar-refractivity contribution in [1.29, 1.82) is 0 Å². The Morgan fingerprint density at radius 2 is 1.22 bits per heavy atom. The largest absolute Gasteiger partial charge is 0.509 e. The molecule has 0 bridgehead atoms. The van der Waals surface area contributed by atoms with Gasteiger partial charge in [-0.05, 0) is 109 Å². The summed E-state index contributed by atoms with van der Waals surface area (Å²) in [5.74, 6) is 2.64. The van der Waals surface area contributed by atoms with Crippen LogP contribution in [0.15, 0.2) is 170 Å². The van der Waals surface area contributed by atoms with Gasteiger partial charge in [0.05, 0.1) is 0 Å². The predicted molar refractivity (Wildman–Crippen MR) is 302 cm³/mol. The van der Waals surface area contributed by atoms with E-state index < -0.39 is 5.41 Å². The van der Waals surface area contributed by atoms with Crippen LogP contribution in [0.2, 0.25) is 0 Å². The van der Waals surface area contributed by atoms with Gasteiger partial charge in [0, 0.05) is 61.2 Å². The molecule has 0 atom stereocenters. The molecule has 0 unspecified atom stereocenters. The Labute approximate surface area is 448 Å². The van der Waals surface area contributed by atoms with Crippen molar-refractivity contribution in [2.24, 2.45) is 0 Å². The van der Waals surface area contributed by atoms with Crippen LogP contribution < -0.4 is 14.5 Å². The van der Waals surface area contributed by atoms with Gasteiger partial charge < -0.3 is 19.1 Å². The molecule has 5 nitrogen and oxygen atoms in total. The van der Waals surface area contributed by atoms with E-state index in [1.165, 1.54) is 44.5 Å². The molecule has 0 amide bonds. The van der Waals surface area contributed by atoms with Gasteiger partial charge in [0.1, 0.15) is 5.82 Å². The van der Waals surface area contributed by atoms with Crippen molar-refractivity contribution in [2.45, 2.75) is 111 Å². The van der Waals surface area contributed by atoms with Gasteiger partial charge in [0.2, 0.25) is 0 Å². The van der Waals surface area contributed by atoms with Crippen molar-refractivity contribution in [3.05, 3.63) is 228 Å². The number of ether oxygens (including phenoxy) is 1. The normalized spacial score (nSPS) is 13.3. The summed E-state index contributed by atoms with van der Waals surface area (Å²) in [6.07, 6.45) is 4.24. The van der Waals surface area contributed by atoms with E-state index in [0.717, 1.165) is 50.3 Å². The number of anilines is 2. The fourth-order valence-electron chi connectivity index (χ4n) is 10.3. The summed E-state index contributed by atoms with van der Waals surface area (Å²) in [5.41, 5.74) is 15.6. The average Bonchev–Trinajstić information content (AvgIpc) is 3.96. The van der Waals surface area contributed by atoms with Crippen LogP contribution in [0.25, 0.3) is 44.4 Å². The Morgan fingerprint density at radius 1 is 0.575 bits per heavy atom. The first kappa shape index (κ1) is 51.2. The smallest absolute Gasteiger partial charge is 0.135 e. The number of aromatic nitrogens is 2. The molecular weight excluding hydrogens is 1070 g/mol. The van der Waals surface area contributed by atoms with E-state index >= 15 is 0 Å².